The van der Waals surface area contributed by atoms with Gasteiger partial charge in [0.1, 0.15) is 17.5 Å². The summed E-state index contributed by atoms with van der Waals surface area (Å²) in [4.78, 5) is 36.9. The number of hydrogen-bond acceptors (Lipinski definition) is 10. The third kappa shape index (κ3) is 6.39. The number of benzene rings is 1. The van der Waals surface area contributed by atoms with Gasteiger partial charge in [-0.2, -0.15) is 5.21 Å². The van der Waals surface area contributed by atoms with Gasteiger partial charge >= 0.3 is 5.97 Å². The Hall–Kier alpha value is -3.93. The first kappa shape index (κ1) is 25.2. The summed E-state index contributed by atoms with van der Waals surface area (Å²) in [7, 11) is 1.39. The van der Waals surface area contributed by atoms with Gasteiger partial charge < -0.3 is 10.5 Å². The minimum atomic E-state index is -0.263. The summed E-state index contributed by atoms with van der Waals surface area (Å²) in [6, 6.07) is 7.96. The van der Waals surface area contributed by atoms with E-state index in [1.54, 1.807) is 11.8 Å². The van der Waals surface area contributed by atoms with Crippen molar-refractivity contribution < 1.29 is 14.3 Å². The van der Waals surface area contributed by atoms with Crippen molar-refractivity contribution in [3.8, 4) is 0 Å². The van der Waals surface area contributed by atoms with Crippen LogP contribution in [0.25, 0.3) is 0 Å². The number of aryl methyl sites for hydroxylation is 1. The molecule has 1 amide bonds. The highest BCUT2D eigenvalue weighted by atomic mass is 16.5. The lowest BCUT2D eigenvalue weighted by atomic mass is 10.1. The van der Waals surface area contributed by atoms with Crippen molar-refractivity contribution in [1.82, 2.24) is 35.5 Å². The Labute approximate surface area is 209 Å². The average Bonchev–Trinajstić information content (AvgIpc) is 3.48. The van der Waals surface area contributed by atoms with Gasteiger partial charge in [-0.1, -0.05) is 29.5 Å². The van der Waals surface area contributed by atoms with Crippen LogP contribution in [0.3, 0.4) is 0 Å². The van der Waals surface area contributed by atoms with Gasteiger partial charge in [-0.3, -0.25) is 19.4 Å². The molecule has 12 nitrogen and oxygen atoms in total. The topological polar surface area (TPSA) is 156 Å². The number of aromatic nitrogens is 6. The number of aromatic amines is 1. The van der Waals surface area contributed by atoms with Crippen molar-refractivity contribution in [2.24, 2.45) is 0 Å². The highest BCUT2D eigenvalue weighted by Gasteiger charge is 2.31. The van der Waals surface area contributed by atoms with Crippen molar-refractivity contribution in [3.05, 3.63) is 52.6 Å². The van der Waals surface area contributed by atoms with Crippen molar-refractivity contribution >= 4 is 23.5 Å². The van der Waals surface area contributed by atoms with Crippen LogP contribution in [-0.4, -0.2) is 74.1 Å². The van der Waals surface area contributed by atoms with Crippen LogP contribution in [0.5, 0.6) is 0 Å². The molecule has 36 heavy (non-hydrogen) atoms. The molecule has 0 spiro atoms. The van der Waals surface area contributed by atoms with Gasteiger partial charge in [0.05, 0.1) is 20.0 Å². The summed E-state index contributed by atoms with van der Waals surface area (Å²) >= 11 is 0. The third-order valence-electron chi connectivity index (χ3n) is 6.13. The second kappa shape index (κ2) is 11.7. The van der Waals surface area contributed by atoms with E-state index in [9.17, 15) is 9.59 Å². The number of unbranched alkanes of at least 4 members (excludes halogenated alkanes) is 1. The molecule has 3 N–H and O–H groups in total. The number of rotatable bonds is 12. The van der Waals surface area contributed by atoms with Crippen LogP contribution in [0, 0.1) is 6.92 Å². The standard InChI is InChI=1S/C24H31N9O3/c1-16-26-23(25)19-14-21(34)33(24(19)27-16)10-4-3-9-32(11-8-20-28-30-31-29-20)15-18-7-5-6-17(12-18)13-22(35)36-2/h5-7,12H,3-4,8-11,13-15H2,1-2H3,(H2,25,26,27)(H,28,29,30,31). The predicted octanol–water partition coefficient (Wildman–Crippen LogP) is 1.01. The highest BCUT2D eigenvalue weighted by Crippen LogP contribution is 2.30. The zero-order chi connectivity index (χ0) is 25.5. The van der Waals surface area contributed by atoms with Gasteiger partial charge in [-0.05, 0) is 37.4 Å². The van der Waals surface area contributed by atoms with Gasteiger partial charge in [0.15, 0.2) is 5.82 Å². The summed E-state index contributed by atoms with van der Waals surface area (Å²) in [5.41, 5.74) is 8.75. The van der Waals surface area contributed by atoms with E-state index in [0.717, 1.165) is 42.6 Å². The minimum absolute atomic E-state index is 0.00739. The number of carbonyl (C=O) groups is 2. The summed E-state index contributed by atoms with van der Waals surface area (Å²) in [6.45, 7) is 4.63. The number of nitrogens with one attached hydrogen (secondary N) is 1. The molecule has 0 radical (unpaired) electrons. The molecule has 0 bridgehead atoms. The lowest BCUT2D eigenvalue weighted by Gasteiger charge is -2.23. The van der Waals surface area contributed by atoms with Gasteiger partial charge in [-0.15, -0.1) is 10.2 Å². The number of nitrogens with zero attached hydrogens (tertiary/aromatic N) is 7. The lowest BCUT2D eigenvalue weighted by Crippen LogP contribution is -2.30. The van der Waals surface area contributed by atoms with E-state index < -0.39 is 0 Å². The van der Waals surface area contributed by atoms with Gasteiger partial charge in [0.2, 0.25) is 5.91 Å². The molecule has 4 rings (SSSR count). The number of nitrogens with two attached hydrogens (primary N) is 1. The van der Waals surface area contributed by atoms with Crippen molar-refractivity contribution in [3.63, 3.8) is 0 Å². The molecule has 0 fully saturated rings. The van der Waals surface area contributed by atoms with E-state index in [0.29, 0.717) is 42.8 Å². The molecule has 1 aliphatic heterocycles. The van der Waals surface area contributed by atoms with Gasteiger partial charge in [0, 0.05) is 31.6 Å². The van der Waals surface area contributed by atoms with Crippen LogP contribution in [0.15, 0.2) is 24.3 Å². The summed E-state index contributed by atoms with van der Waals surface area (Å²) in [5.74, 6) is 1.99. The van der Waals surface area contributed by atoms with E-state index in [2.05, 4.69) is 41.6 Å². The number of anilines is 2. The molecule has 12 heteroatoms. The number of methoxy groups -OCH3 is 1. The SMILES string of the molecule is COC(=O)Cc1cccc(CN(CCCCN2C(=O)Cc3c(N)nc(C)nc32)CCc2nn[nH]n2)c1. The van der Waals surface area contributed by atoms with E-state index in [-0.39, 0.29) is 24.7 Å². The monoisotopic (exact) mass is 493 g/mol. The molecule has 190 valence electrons. The average molecular weight is 494 g/mol. The maximum atomic E-state index is 12.6. The number of H-pyrrole nitrogens is 1. The fourth-order valence-corrected chi connectivity index (χ4v) is 4.35. The molecule has 0 aliphatic carbocycles. The quantitative estimate of drug-likeness (QED) is 0.276. The number of carbonyl (C=O) groups excluding carboxylic acids is 2. The van der Waals surface area contributed by atoms with E-state index in [1.165, 1.54) is 7.11 Å². The number of esters is 1. The Morgan fingerprint density at radius 1 is 1.22 bits per heavy atom. The zero-order valence-corrected chi connectivity index (χ0v) is 20.6. The molecular formula is C24H31N9O3. The minimum Gasteiger partial charge on any atom is -0.469 e. The maximum Gasteiger partial charge on any atom is 0.309 e. The fraction of sp³-hybridized carbons (Fsp3) is 0.458. The molecule has 2 aromatic heterocycles. The van der Waals surface area contributed by atoms with Crippen molar-refractivity contribution in [2.75, 3.05) is 37.4 Å². The normalized spacial score (nSPS) is 12.9. The van der Waals surface area contributed by atoms with Crippen LogP contribution in [0.2, 0.25) is 0 Å². The molecular weight excluding hydrogens is 462 g/mol. The molecule has 1 aromatic carbocycles. The number of hydrogen-bond donors (Lipinski definition) is 2. The molecule has 3 aromatic rings. The maximum absolute atomic E-state index is 12.6. The Morgan fingerprint density at radius 3 is 2.83 bits per heavy atom. The molecule has 0 saturated carbocycles. The second-order valence-electron chi connectivity index (χ2n) is 8.81. The van der Waals surface area contributed by atoms with Crippen molar-refractivity contribution in [1.29, 1.82) is 0 Å². The van der Waals surface area contributed by atoms with Crippen molar-refractivity contribution in [2.45, 2.75) is 45.6 Å². The third-order valence-corrected chi connectivity index (χ3v) is 6.13. The van der Waals surface area contributed by atoms with Gasteiger partial charge in [0.25, 0.3) is 0 Å². The highest BCUT2D eigenvalue weighted by molar-refractivity contribution is 6.01. The number of nitrogen functional groups attached to an aromatic ring is 1. The van der Waals surface area contributed by atoms with E-state index in [4.69, 9.17) is 10.5 Å². The van der Waals surface area contributed by atoms with Crippen LogP contribution < -0.4 is 10.6 Å². The lowest BCUT2D eigenvalue weighted by molar-refractivity contribution is -0.139. The summed E-state index contributed by atoms with van der Waals surface area (Å²) < 4.78 is 4.79. The first-order chi connectivity index (χ1) is 17.4. The van der Waals surface area contributed by atoms with Crippen LogP contribution in [0.4, 0.5) is 11.6 Å². The number of ether oxygens (including phenoxy) is 1. The van der Waals surface area contributed by atoms with E-state index >= 15 is 0 Å². The predicted molar refractivity (Wildman–Crippen MR) is 132 cm³/mol. The molecule has 1 aliphatic rings. The summed E-state index contributed by atoms with van der Waals surface area (Å²) in [5, 5.41) is 14.2. The number of amides is 1. The zero-order valence-electron chi connectivity index (χ0n) is 20.6. The van der Waals surface area contributed by atoms with E-state index in [1.807, 2.05) is 18.2 Å². The first-order valence-electron chi connectivity index (χ1n) is 12.0. The molecule has 3 heterocycles. The van der Waals surface area contributed by atoms with Crippen LogP contribution >= 0.6 is 0 Å². The first-order valence-corrected chi connectivity index (χ1v) is 12.0. The Bertz CT molecular complexity index is 1200. The molecule has 0 atom stereocenters. The van der Waals surface area contributed by atoms with Crippen LogP contribution in [0.1, 0.15) is 41.2 Å². The largest absolute Gasteiger partial charge is 0.469 e. The van der Waals surface area contributed by atoms with Crippen LogP contribution in [-0.2, 0) is 40.1 Å². The smallest absolute Gasteiger partial charge is 0.309 e. The molecule has 0 saturated heterocycles. The Morgan fingerprint density at radius 2 is 2.06 bits per heavy atom. The summed E-state index contributed by atoms with van der Waals surface area (Å²) in [6.07, 6.45) is 2.85. The number of fused-ring (bicyclic) bond motifs is 1. The Kier molecular flexibility index (Phi) is 8.16. The fourth-order valence-electron chi connectivity index (χ4n) is 4.35. The number of tetrazole rings is 1. The second-order valence-corrected chi connectivity index (χ2v) is 8.81. The molecule has 0 unspecified atom stereocenters. The van der Waals surface area contributed by atoms with Gasteiger partial charge in [-0.25, -0.2) is 9.97 Å². The Balaban J connectivity index is 1.36.